The molecule has 0 bridgehead atoms. The van der Waals surface area contributed by atoms with Crippen LogP contribution in [0.2, 0.25) is 10.0 Å². The molecular formula is C26H30Cl2N4O5. The van der Waals surface area contributed by atoms with Crippen LogP contribution in [0.4, 0.5) is 11.4 Å². The molecule has 1 fully saturated rings. The molecule has 11 heteroatoms. The SMILES string of the molecule is COc1cc(Nc2c(C(=O)O)cnc3cc(OCCCN4CCN(C)CC4)c(OC)cc23)c(Cl)cc1Cl. The van der Waals surface area contributed by atoms with Crippen molar-refractivity contribution in [3.05, 3.63) is 46.1 Å². The van der Waals surface area contributed by atoms with E-state index in [2.05, 4.69) is 27.1 Å². The fraction of sp³-hybridized carbons (Fsp3) is 0.385. The highest BCUT2D eigenvalue weighted by Crippen LogP contribution is 2.40. The van der Waals surface area contributed by atoms with Gasteiger partial charge in [-0.1, -0.05) is 23.2 Å². The van der Waals surface area contributed by atoms with Crippen LogP contribution in [-0.2, 0) is 0 Å². The molecule has 1 saturated heterocycles. The van der Waals surface area contributed by atoms with Gasteiger partial charge in [-0.25, -0.2) is 4.79 Å². The molecule has 0 saturated carbocycles. The number of carboxylic acids is 1. The smallest absolute Gasteiger partial charge is 0.339 e. The van der Waals surface area contributed by atoms with Crippen LogP contribution >= 0.6 is 23.2 Å². The van der Waals surface area contributed by atoms with Gasteiger partial charge in [-0.15, -0.1) is 0 Å². The molecule has 0 unspecified atom stereocenters. The number of nitrogens with one attached hydrogen (secondary N) is 1. The molecule has 0 amide bonds. The summed E-state index contributed by atoms with van der Waals surface area (Å²) in [6.07, 6.45) is 2.18. The first kappa shape index (κ1) is 27.1. The first-order valence-corrected chi connectivity index (χ1v) is 12.6. The highest BCUT2D eigenvalue weighted by atomic mass is 35.5. The van der Waals surface area contributed by atoms with E-state index in [1.807, 2.05) is 0 Å². The number of halogens is 2. The predicted octanol–water partition coefficient (Wildman–Crippen LogP) is 5.02. The lowest BCUT2D eigenvalue weighted by Crippen LogP contribution is -2.44. The Hall–Kier alpha value is -2.98. The molecular weight excluding hydrogens is 519 g/mol. The molecule has 0 radical (unpaired) electrons. The number of hydrogen-bond acceptors (Lipinski definition) is 8. The van der Waals surface area contributed by atoms with Gasteiger partial charge in [0.1, 0.15) is 11.3 Å². The van der Waals surface area contributed by atoms with Crippen molar-refractivity contribution in [3.8, 4) is 17.2 Å². The van der Waals surface area contributed by atoms with Crippen molar-refractivity contribution in [1.82, 2.24) is 14.8 Å². The van der Waals surface area contributed by atoms with Crippen molar-refractivity contribution in [3.63, 3.8) is 0 Å². The van der Waals surface area contributed by atoms with E-state index >= 15 is 0 Å². The van der Waals surface area contributed by atoms with E-state index in [4.69, 9.17) is 37.4 Å². The van der Waals surface area contributed by atoms with Crippen molar-refractivity contribution in [2.24, 2.45) is 0 Å². The van der Waals surface area contributed by atoms with Gasteiger partial charge in [0, 0.05) is 56.4 Å². The number of aromatic carboxylic acids is 1. The summed E-state index contributed by atoms with van der Waals surface area (Å²) in [5, 5.41) is 14.2. The molecule has 2 heterocycles. The maximum Gasteiger partial charge on any atom is 0.339 e. The zero-order valence-electron chi connectivity index (χ0n) is 21.0. The van der Waals surface area contributed by atoms with Gasteiger partial charge in [-0.2, -0.15) is 0 Å². The van der Waals surface area contributed by atoms with Crippen LogP contribution in [0, 0.1) is 0 Å². The first-order chi connectivity index (χ1) is 17.8. The number of nitrogens with zero attached hydrogens (tertiary/aromatic N) is 3. The number of hydrogen-bond donors (Lipinski definition) is 2. The summed E-state index contributed by atoms with van der Waals surface area (Å²) in [6, 6.07) is 6.61. The van der Waals surface area contributed by atoms with Gasteiger partial charge in [0.05, 0.1) is 47.8 Å². The Labute approximate surface area is 225 Å². The Morgan fingerprint density at radius 2 is 1.76 bits per heavy atom. The van der Waals surface area contributed by atoms with Gasteiger partial charge < -0.3 is 34.4 Å². The Morgan fingerprint density at radius 3 is 2.43 bits per heavy atom. The molecule has 4 rings (SSSR count). The quantitative estimate of drug-likeness (QED) is 0.338. The second kappa shape index (κ2) is 12.0. The molecule has 0 atom stereocenters. The molecule has 37 heavy (non-hydrogen) atoms. The Kier molecular flexibility index (Phi) is 8.81. The largest absolute Gasteiger partial charge is 0.495 e. The molecule has 2 N–H and O–H groups in total. The molecule has 9 nitrogen and oxygen atoms in total. The van der Waals surface area contributed by atoms with Gasteiger partial charge >= 0.3 is 5.97 Å². The molecule has 1 aliphatic rings. The highest BCUT2D eigenvalue weighted by Gasteiger charge is 2.20. The summed E-state index contributed by atoms with van der Waals surface area (Å²) in [5.41, 5.74) is 1.25. The molecule has 1 aliphatic heterocycles. The average Bonchev–Trinajstić information content (AvgIpc) is 2.88. The number of fused-ring (bicyclic) bond motifs is 1. The van der Waals surface area contributed by atoms with E-state index in [9.17, 15) is 9.90 Å². The van der Waals surface area contributed by atoms with Gasteiger partial charge in [0.2, 0.25) is 0 Å². The predicted molar refractivity (Wildman–Crippen MR) is 146 cm³/mol. The number of ether oxygens (including phenoxy) is 3. The summed E-state index contributed by atoms with van der Waals surface area (Å²) in [7, 11) is 5.17. The van der Waals surface area contributed by atoms with E-state index < -0.39 is 5.97 Å². The van der Waals surface area contributed by atoms with Crippen molar-refractivity contribution >= 4 is 51.4 Å². The number of carboxylic acid groups (broad SMARTS) is 1. The fourth-order valence-electron chi connectivity index (χ4n) is 4.23. The number of rotatable bonds is 10. The number of likely N-dealkylation sites (N-methyl/N-ethyl adjacent to an activating group) is 1. The second-order valence-electron chi connectivity index (χ2n) is 8.81. The Bertz CT molecular complexity index is 1280. The fourth-order valence-corrected chi connectivity index (χ4v) is 4.73. The highest BCUT2D eigenvalue weighted by molar-refractivity contribution is 6.37. The number of pyridine rings is 1. The summed E-state index contributed by atoms with van der Waals surface area (Å²) in [5.74, 6) is 0.270. The lowest BCUT2D eigenvalue weighted by atomic mass is 10.1. The molecule has 3 aromatic rings. The minimum Gasteiger partial charge on any atom is -0.495 e. The van der Waals surface area contributed by atoms with Crippen molar-refractivity contribution < 1.29 is 24.1 Å². The zero-order valence-corrected chi connectivity index (χ0v) is 22.5. The van der Waals surface area contributed by atoms with Gasteiger partial charge in [0.25, 0.3) is 0 Å². The molecule has 0 spiro atoms. The van der Waals surface area contributed by atoms with Crippen molar-refractivity contribution in [2.75, 3.05) is 65.9 Å². The summed E-state index contributed by atoms with van der Waals surface area (Å²) in [6.45, 7) is 5.76. The van der Waals surface area contributed by atoms with Crippen molar-refractivity contribution in [1.29, 1.82) is 0 Å². The lowest BCUT2D eigenvalue weighted by Gasteiger charge is -2.32. The van der Waals surface area contributed by atoms with E-state index in [1.165, 1.54) is 19.4 Å². The minimum absolute atomic E-state index is 0.0274. The monoisotopic (exact) mass is 548 g/mol. The number of methoxy groups -OCH3 is 2. The van der Waals surface area contributed by atoms with Gasteiger partial charge in [-0.05, 0) is 25.6 Å². The van der Waals surface area contributed by atoms with Crippen LogP contribution in [0.25, 0.3) is 10.9 Å². The van der Waals surface area contributed by atoms with Crippen LogP contribution in [-0.4, -0.2) is 86.5 Å². The van der Waals surface area contributed by atoms with Crippen LogP contribution in [0.3, 0.4) is 0 Å². The summed E-state index contributed by atoms with van der Waals surface area (Å²) < 4.78 is 16.9. The van der Waals surface area contributed by atoms with Crippen LogP contribution in [0.1, 0.15) is 16.8 Å². The minimum atomic E-state index is -1.14. The Balaban J connectivity index is 1.60. The van der Waals surface area contributed by atoms with Crippen molar-refractivity contribution in [2.45, 2.75) is 6.42 Å². The van der Waals surface area contributed by atoms with Crippen LogP contribution in [0.5, 0.6) is 17.2 Å². The third-order valence-electron chi connectivity index (χ3n) is 6.36. The number of piperazine rings is 1. The van der Waals surface area contributed by atoms with Gasteiger partial charge in [-0.3, -0.25) is 4.98 Å². The van der Waals surface area contributed by atoms with Crippen LogP contribution < -0.4 is 19.5 Å². The maximum absolute atomic E-state index is 12.0. The summed E-state index contributed by atoms with van der Waals surface area (Å²) in [4.78, 5) is 21.2. The molecule has 198 valence electrons. The number of aromatic nitrogens is 1. The summed E-state index contributed by atoms with van der Waals surface area (Å²) >= 11 is 12.6. The second-order valence-corrected chi connectivity index (χ2v) is 9.63. The molecule has 0 aliphatic carbocycles. The molecule has 1 aromatic heterocycles. The maximum atomic E-state index is 12.0. The topological polar surface area (TPSA) is 96.4 Å². The lowest BCUT2D eigenvalue weighted by molar-refractivity contribution is 0.0697. The van der Waals surface area contributed by atoms with E-state index in [-0.39, 0.29) is 5.56 Å². The standard InChI is InChI=1S/C26H30Cl2N4O5/c1-31-6-8-32(9-7-31)5-4-10-37-24-13-20-16(11-23(24)36-3)25(17(15-29-20)26(33)34)30-21-14-22(35-2)19(28)12-18(21)27/h11-15H,4-10H2,1-3H3,(H,29,30)(H,33,34). The average molecular weight is 549 g/mol. The Morgan fingerprint density at radius 1 is 1.03 bits per heavy atom. The zero-order chi connectivity index (χ0) is 26.5. The van der Waals surface area contributed by atoms with E-state index in [1.54, 1.807) is 25.3 Å². The number of carbonyl (C=O) groups is 1. The van der Waals surface area contributed by atoms with E-state index in [0.717, 1.165) is 39.1 Å². The first-order valence-electron chi connectivity index (χ1n) is 11.9. The third kappa shape index (κ3) is 6.30. The number of benzene rings is 2. The number of anilines is 2. The normalized spacial score (nSPS) is 14.5. The molecule has 2 aromatic carbocycles. The third-order valence-corrected chi connectivity index (χ3v) is 6.97. The van der Waals surface area contributed by atoms with E-state index in [0.29, 0.717) is 56.2 Å². The van der Waals surface area contributed by atoms with Gasteiger partial charge in [0.15, 0.2) is 11.5 Å². The van der Waals surface area contributed by atoms with Crippen LogP contribution in [0.15, 0.2) is 30.5 Å².